The van der Waals surface area contributed by atoms with Gasteiger partial charge >= 0.3 is 0 Å². The molecule has 0 amide bonds. The van der Waals surface area contributed by atoms with Crippen molar-refractivity contribution >= 4 is 34.0 Å². The predicted molar refractivity (Wildman–Crippen MR) is 98.3 cm³/mol. The van der Waals surface area contributed by atoms with Crippen molar-refractivity contribution in [1.82, 2.24) is 0 Å². The summed E-state index contributed by atoms with van der Waals surface area (Å²) < 4.78 is 10.3. The minimum absolute atomic E-state index is 0.189. The zero-order chi connectivity index (χ0) is 17.5. The molecule has 0 aliphatic carbocycles. The number of methoxy groups -OCH3 is 2. The number of carbonyl (C=O) groups excluding carboxylic acids is 1. The maximum absolute atomic E-state index is 12.3. The number of rotatable bonds is 6. The van der Waals surface area contributed by atoms with E-state index >= 15 is 0 Å². The largest absolute Gasteiger partial charge is 0.497 e. The highest BCUT2D eigenvalue weighted by molar-refractivity contribution is 6.49. The molecule has 24 heavy (non-hydrogen) atoms. The molecule has 0 saturated heterocycles. The number of ketones is 1. The summed E-state index contributed by atoms with van der Waals surface area (Å²) >= 11 is 12.0. The Morgan fingerprint density at radius 3 is 2.38 bits per heavy atom. The third kappa shape index (κ3) is 4.63. The number of ether oxygens (including phenoxy) is 2. The second kappa shape index (κ2) is 8.57. The summed E-state index contributed by atoms with van der Waals surface area (Å²) in [6.07, 6.45) is 4.68. The topological polar surface area (TPSA) is 35.5 Å². The fourth-order valence-corrected chi connectivity index (χ4v) is 2.34. The molecule has 2 rings (SSSR count). The van der Waals surface area contributed by atoms with Gasteiger partial charge in [0.25, 0.3) is 0 Å². The average Bonchev–Trinajstić information content (AvgIpc) is 2.61. The van der Waals surface area contributed by atoms with Crippen LogP contribution in [0.1, 0.15) is 15.9 Å². The molecule has 0 radical (unpaired) electrons. The average molecular weight is 363 g/mol. The van der Waals surface area contributed by atoms with Crippen molar-refractivity contribution in [3.05, 3.63) is 76.8 Å². The molecule has 0 heterocycles. The normalized spacial score (nSPS) is 11.6. The van der Waals surface area contributed by atoms with E-state index in [2.05, 4.69) is 0 Å². The Morgan fingerprint density at radius 2 is 1.75 bits per heavy atom. The molecular weight excluding hydrogens is 347 g/mol. The smallest absolute Gasteiger partial charge is 0.189 e. The van der Waals surface area contributed by atoms with Crippen LogP contribution < -0.4 is 9.47 Å². The van der Waals surface area contributed by atoms with Gasteiger partial charge in [-0.2, -0.15) is 0 Å². The molecule has 0 fully saturated rings. The van der Waals surface area contributed by atoms with Gasteiger partial charge in [0.2, 0.25) is 0 Å². The van der Waals surface area contributed by atoms with Crippen LogP contribution >= 0.6 is 23.2 Å². The molecule has 0 spiro atoms. The van der Waals surface area contributed by atoms with Crippen LogP contribution in [0.2, 0.25) is 5.02 Å². The molecule has 0 atom stereocenters. The van der Waals surface area contributed by atoms with Crippen LogP contribution in [0.5, 0.6) is 11.5 Å². The Hall–Kier alpha value is -2.23. The fourth-order valence-electron chi connectivity index (χ4n) is 2.02. The molecule has 0 aliphatic rings. The fraction of sp³-hybridized carbons (Fsp3) is 0.105. The highest BCUT2D eigenvalue weighted by Crippen LogP contribution is 2.25. The van der Waals surface area contributed by atoms with Crippen molar-refractivity contribution in [2.45, 2.75) is 0 Å². The van der Waals surface area contributed by atoms with E-state index in [1.165, 1.54) is 13.2 Å². The van der Waals surface area contributed by atoms with E-state index in [-0.39, 0.29) is 5.78 Å². The Labute approximate surface area is 151 Å². The Kier molecular flexibility index (Phi) is 6.47. The van der Waals surface area contributed by atoms with Gasteiger partial charge in [-0.3, -0.25) is 4.79 Å². The summed E-state index contributed by atoms with van der Waals surface area (Å²) in [5.74, 6) is 0.890. The molecule has 0 aromatic heterocycles. The maximum Gasteiger partial charge on any atom is 0.189 e. The van der Waals surface area contributed by atoms with E-state index in [9.17, 15) is 4.79 Å². The summed E-state index contributed by atoms with van der Waals surface area (Å²) in [6, 6.07) is 12.2. The quantitative estimate of drug-likeness (QED) is 0.393. The van der Waals surface area contributed by atoms with Crippen LogP contribution in [-0.4, -0.2) is 20.0 Å². The number of carbonyl (C=O) groups is 1. The SMILES string of the molecule is COc1ccc(C(=O)/C=C/C=C(\Cl)c2ccc(Cl)cc2)c(OC)c1. The van der Waals surface area contributed by atoms with Crippen LogP contribution in [-0.2, 0) is 0 Å². The summed E-state index contributed by atoms with van der Waals surface area (Å²) in [7, 11) is 3.06. The van der Waals surface area contributed by atoms with E-state index < -0.39 is 0 Å². The lowest BCUT2D eigenvalue weighted by Crippen LogP contribution is -1.99. The van der Waals surface area contributed by atoms with Crippen LogP contribution in [0.25, 0.3) is 5.03 Å². The van der Waals surface area contributed by atoms with Crippen LogP contribution in [0, 0.1) is 0 Å². The van der Waals surface area contributed by atoms with Crippen molar-refractivity contribution in [3.63, 3.8) is 0 Å². The lowest BCUT2D eigenvalue weighted by atomic mass is 10.1. The highest BCUT2D eigenvalue weighted by Gasteiger charge is 2.10. The second-order valence-electron chi connectivity index (χ2n) is 4.81. The van der Waals surface area contributed by atoms with E-state index in [1.807, 2.05) is 12.1 Å². The monoisotopic (exact) mass is 362 g/mol. The van der Waals surface area contributed by atoms with Crippen LogP contribution in [0.3, 0.4) is 0 Å². The molecule has 0 saturated carbocycles. The third-order valence-corrected chi connectivity index (χ3v) is 3.88. The first-order chi connectivity index (χ1) is 11.5. The van der Waals surface area contributed by atoms with Gasteiger partial charge in [0.05, 0.1) is 19.8 Å². The summed E-state index contributed by atoms with van der Waals surface area (Å²) in [5.41, 5.74) is 1.27. The first kappa shape index (κ1) is 18.1. The third-order valence-electron chi connectivity index (χ3n) is 3.28. The van der Waals surface area contributed by atoms with E-state index in [4.69, 9.17) is 32.7 Å². The summed E-state index contributed by atoms with van der Waals surface area (Å²) in [4.78, 5) is 12.3. The first-order valence-electron chi connectivity index (χ1n) is 7.11. The van der Waals surface area contributed by atoms with Crippen LogP contribution in [0.4, 0.5) is 0 Å². The van der Waals surface area contributed by atoms with Gasteiger partial charge in [0.1, 0.15) is 11.5 Å². The van der Waals surface area contributed by atoms with Crippen molar-refractivity contribution in [2.75, 3.05) is 14.2 Å². The minimum Gasteiger partial charge on any atom is -0.497 e. The molecule has 3 nitrogen and oxygen atoms in total. The van der Waals surface area contributed by atoms with Gasteiger partial charge in [-0.25, -0.2) is 0 Å². The Bertz CT molecular complexity index is 778. The zero-order valence-electron chi connectivity index (χ0n) is 13.3. The van der Waals surface area contributed by atoms with Gasteiger partial charge in [-0.15, -0.1) is 0 Å². The second-order valence-corrected chi connectivity index (χ2v) is 5.65. The molecule has 0 N–H and O–H groups in total. The number of benzene rings is 2. The number of halogens is 2. The lowest BCUT2D eigenvalue weighted by Gasteiger charge is -2.07. The molecule has 0 unspecified atom stereocenters. The van der Waals surface area contributed by atoms with Gasteiger partial charge in [-0.1, -0.05) is 41.4 Å². The molecule has 2 aromatic carbocycles. The van der Waals surface area contributed by atoms with Gasteiger partial charge in [0, 0.05) is 16.1 Å². The first-order valence-corrected chi connectivity index (χ1v) is 7.87. The maximum atomic E-state index is 12.3. The molecule has 5 heteroatoms. The highest BCUT2D eigenvalue weighted by atomic mass is 35.5. The molecule has 0 bridgehead atoms. The van der Waals surface area contributed by atoms with Crippen molar-refractivity contribution in [3.8, 4) is 11.5 Å². The Balaban J connectivity index is 2.15. The van der Waals surface area contributed by atoms with E-state index in [0.29, 0.717) is 27.1 Å². The summed E-state index contributed by atoms with van der Waals surface area (Å²) in [6.45, 7) is 0. The van der Waals surface area contributed by atoms with E-state index in [0.717, 1.165) is 5.56 Å². The number of hydrogen-bond acceptors (Lipinski definition) is 3. The zero-order valence-corrected chi connectivity index (χ0v) is 14.8. The standard InChI is InChI=1S/C19H16Cl2O3/c1-23-15-10-11-16(19(12-15)24-2)18(22)5-3-4-17(21)13-6-8-14(20)9-7-13/h3-12H,1-2H3/b5-3+,17-4-. The predicted octanol–water partition coefficient (Wildman–Crippen LogP) is 5.38. The van der Waals surface area contributed by atoms with Crippen molar-refractivity contribution < 1.29 is 14.3 Å². The van der Waals surface area contributed by atoms with Gasteiger partial charge in [0.15, 0.2) is 5.78 Å². The Morgan fingerprint density at radius 1 is 1.04 bits per heavy atom. The summed E-state index contributed by atoms with van der Waals surface area (Å²) in [5, 5.41) is 1.15. The molecule has 2 aromatic rings. The molecule has 0 aliphatic heterocycles. The minimum atomic E-state index is -0.189. The van der Waals surface area contributed by atoms with E-state index in [1.54, 1.807) is 49.6 Å². The van der Waals surface area contributed by atoms with Crippen LogP contribution in [0.15, 0.2) is 60.7 Å². The molecular formula is C19H16Cl2O3. The van der Waals surface area contributed by atoms with Crippen molar-refractivity contribution in [1.29, 1.82) is 0 Å². The number of hydrogen-bond donors (Lipinski definition) is 0. The van der Waals surface area contributed by atoms with Gasteiger partial charge in [-0.05, 0) is 42.0 Å². The number of allylic oxidation sites excluding steroid dienone is 3. The van der Waals surface area contributed by atoms with Crippen molar-refractivity contribution in [2.24, 2.45) is 0 Å². The lowest BCUT2D eigenvalue weighted by molar-refractivity contribution is 0.104. The molecule has 124 valence electrons. The van der Waals surface area contributed by atoms with Gasteiger partial charge < -0.3 is 9.47 Å².